The van der Waals surface area contributed by atoms with Crippen LogP contribution in [0.5, 0.6) is 0 Å². The van der Waals surface area contributed by atoms with Gasteiger partial charge in [-0.3, -0.25) is 19.2 Å². The summed E-state index contributed by atoms with van der Waals surface area (Å²) in [4.78, 5) is 52.4. The zero-order valence-corrected chi connectivity index (χ0v) is 26.6. The van der Waals surface area contributed by atoms with E-state index < -0.39 is 24.0 Å². The Bertz CT molecular complexity index is 1300. The van der Waals surface area contributed by atoms with Crippen molar-refractivity contribution in [2.75, 3.05) is 6.54 Å². The molecule has 0 radical (unpaired) electrons. The minimum atomic E-state index is -0.942. The van der Waals surface area contributed by atoms with Gasteiger partial charge in [0, 0.05) is 31.5 Å². The minimum absolute atomic E-state index is 0.0244. The van der Waals surface area contributed by atoms with Crippen molar-refractivity contribution in [2.45, 2.75) is 103 Å². The number of carbonyl (C=O) groups excluding carboxylic acids is 4. The summed E-state index contributed by atoms with van der Waals surface area (Å²) >= 11 is 0. The van der Waals surface area contributed by atoms with Crippen LogP contribution in [0, 0.1) is 5.92 Å². The summed E-state index contributed by atoms with van der Waals surface area (Å²) in [5, 5.41) is 13.7. The van der Waals surface area contributed by atoms with Gasteiger partial charge in [0.05, 0.1) is 0 Å². The number of nitrogens with one attached hydrogen (secondary N) is 4. The second-order valence-corrected chi connectivity index (χ2v) is 12.0. The molecular formula is C36H50N4O4. The number of carbonyl (C=O) groups is 4. The number of unbranched alkanes of at least 4 members (excludes halogenated alkanes) is 6. The van der Waals surface area contributed by atoms with Gasteiger partial charge in [-0.25, -0.2) is 0 Å². The molecule has 8 nitrogen and oxygen atoms in total. The van der Waals surface area contributed by atoms with Gasteiger partial charge in [0.15, 0.2) is 0 Å². The summed E-state index contributed by atoms with van der Waals surface area (Å²) in [6.45, 7) is 6.50. The van der Waals surface area contributed by atoms with E-state index in [9.17, 15) is 19.2 Å². The SMILES string of the molecule is CCCCCCCCCC(=O)N[C@@H](Cc1cccc2ccccc12)C(=O)N[C@H]1/C=C/CCNC(=O)/C=C/[C@H](C(C)C)NC1=O. The van der Waals surface area contributed by atoms with Crippen molar-refractivity contribution in [3.8, 4) is 0 Å². The molecule has 238 valence electrons. The molecule has 0 bridgehead atoms. The molecule has 0 fully saturated rings. The molecular weight excluding hydrogens is 552 g/mol. The molecule has 0 aliphatic carbocycles. The average Bonchev–Trinajstić information content (AvgIpc) is 3.00. The number of benzene rings is 2. The fourth-order valence-electron chi connectivity index (χ4n) is 5.32. The molecule has 4 N–H and O–H groups in total. The summed E-state index contributed by atoms with van der Waals surface area (Å²) in [6.07, 6.45) is 15.4. The van der Waals surface area contributed by atoms with Gasteiger partial charge in [-0.15, -0.1) is 0 Å². The van der Waals surface area contributed by atoms with E-state index in [0.29, 0.717) is 19.4 Å². The third-order valence-electron chi connectivity index (χ3n) is 7.96. The lowest BCUT2D eigenvalue weighted by Gasteiger charge is -2.25. The molecule has 3 atom stereocenters. The van der Waals surface area contributed by atoms with Crippen molar-refractivity contribution < 1.29 is 19.2 Å². The third-order valence-corrected chi connectivity index (χ3v) is 7.96. The van der Waals surface area contributed by atoms with Crippen LogP contribution in [-0.4, -0.2) is 48.3 Å². The Hall–Kier alpha value is -3.94. The Morgan fingerprint density at radius 2 is 1.66 bits per heavy atom. The summed E-state index contributed by atoms with van der Waals surface area (Å²) in [6, 6.07) is 11.7. The highest BCUT2D eigenvalue weighted by Crippen LogP contribution is 2.20. The first-order chi connectivity index (χ1) is 21.3. The maximum atomic E-state index is 13.8. The molecule has 1 aliphatic rings. The van der Waals surface area contributed by atoms with Crippen LogP contribution in [0.3, 0.4) is 0 Å². The lowest BCUT2D eigenvalue weighted by molar-refractivity contribution is -0.131. The maximum absolute atomic E-state index is 13.8. The van der Waals surface area contributed by atoms with Gasteiger partial charge in [0.2, 0.25) is 23.6 Å². The van der Waals surface area contributed by atoms with E-state index in [-0.39, 0.29) is 30.1 Å². The monoisotopic (exact) mass is 602 g/mol. The third kappa shape index (κ3) is 11.6. The number of hydrogen-bond donors (Lipinski definition) is 4. The van der Waals surface area contributed by atoms with Gasteiger partial charge in [-0.05, 0) is 35.1 Å². The second kappa shape index (κ2) is 18.7. The normalized spacial score (nSPS) is 19.6. The molecule has 2 aromatic rings. The van der Waals surface area contributed by atoms with Gasteiger partial charge in [0.1, 0.15) is 12.1 Å². The average molecular weight is 603 g/mol. The smallest absolute Gasteiger partial charge is 0.247 e. The first kappa shape index (κ1) is 34.5. The van der Waals surface area contributed by atoms with Crippen molar-refractivity contribution in [1.29, 1.82) is 0 Å². The summed E-state index contributed by atoms with van der Waals surface area (Å²) in [5.74, 6) is -1.16. The molecule has 0 saturated heterocycles. The quantitative estimate of drug-likeness (QED) is 0.174. The molecule has 4 amide bonds. The van der Waals surface area contributed by atoms with Crippen LogP contribution in [0.2, 0.25) is 0 Å². The second-order valence-electron chi connectivity index (χ2n) is 12.0. The minimum Gasteiger partial charge on any atom is -0.352 e. The van der Waals surface area contributed by atoms with Crippen LogP contribution in [0.1, 0.15) is 84.1 Å². The van der Waals surface area contributed by atoms with Crippen LogP contribution in [-0.2, 0) is 25.6 Å². The van der Waals surface area contributed by atoms with Gasteiger partial charge in [0.25, 0.3) is 0 Å². The Kier molecular flexibility index (Phi) is 14.7. The van der Waals surface area contributed by atoms with Crippen molar-refractivity contribution in [2.24, 2.45) is 5.92 Å². The van der Waals surface area contributed by atoms with E-state index in [2.05, 4.69) is 28.2 Å². The molecule has 2 aromatic carbocycles. The lowest BCUT2D eigenvalue weighted by Crippen LogP contribution is -2.55. The Morgan fingerprint density at radius 3 is 2.43 bits per heavy atom. The Labute approximate surface area is 262 Å². The Morgan fingerprint density at radius 1 is 0.932 bits per heavy atom. The summed E-state index contributed by atoms with van der Waals surface area (Å²) in [5.41, 5.74) is 0.943. The summed E-state index contributed by atoms with van der Waals surface area (Å²) in [7, 11) is 0. The lowest BCUT2D eigenvalue weighted by atomic mass is 9.97. The topological polar surface area (TPSA) is 116 Å². The van der Waals surface area contributed by atoms with Crippen molar-refractivity contribution in [3.05, 3.63) is 72.3 Å². The zero-order valence-electron chi connectivity index (χ0n) is 26.6. The standard InChI is InChI=1S/C36H50N4O4/c1-4-5-6-7-8-9-10-21-34(42)38-32(25-28-18-15-17-27-16-11-12-19-29(27)28)36(44)40-31-20-13-14-24-37-33(41)23-22-30(26(2)3)39-35(31)43/h11-13,15-20,22-23,26,30-32H,4-10,14,21,24-25H2,1-3H3,(H,37,41)(H,38,42)(H,39,43)(H,40,44)/b20-13+,23-22+/t30-,31+,32+/m1/s1. The Balaban J connectivity index is 1.76. The molecule has 0 unspecified atom stereocenters. The van der Waals surface area contributed by atoms with E-state index >= 15 is 0 Å². The summed E-state index contributed by atoms with van der Waals surface area (Å²) < 4.78 is 0. The van der Waals surface area contributed by atoms with Crippen LogP contribution < -0.4 is 21.3 Å². The van der Waals surface area contributed by atoms with Crippen LogP contribution in [0.15, 0.2) is 66.8 Å². The molecule has 1 heterocycles. The molecule has 0 aromatic heterocycles. The van der Waals surface area contributed by atoms with Gasteiger partial charge >= 0.3 is 0 Å². The molecule has 0 saturated carbocycles. The van der Waals surface area contributed by atoms with Crippen molar-refractivity contribution >= 4 is 34.4 Å². The number of hydrogen-bond acceptors (Lipinski definition) is 4. The fourth-order valence-corrected chi connectivity index (χ4v) is 5.32. The number of rotatable bonds is 14. The largest absolute Gasteiger partial charge is 0.352 e. The van der Waals surface area contributed by atoms with Crippen LogP contribution in [0.25, 0.3) is 10.8 Å². The fraction of sp³-hybridized carbons (Fsp3) is 0.500. The number of fused-ring (bicyclic) bond motifs is 1. The van der Waals surface area contributed by atoms with Crippen LogP contribution in [0.4, 0.5) is 0 Å². The predicted molar refractivity (Wildman–Crippen MR) is 177 cm³/mol. The molecule has 8 heteroatoms. The van der Waals surface area contributed by atoms with Crippen molar-refractivity contribution in [1.82, 2.24) is 21.3 Å². The molecule has 44 heavy (non-hydrogen) atoms. The van der Waals surface area contributed by atoms with E-state index in [1.54, 1.807) is 18.2 Å². The molecule has 0 spiro atoms. The van der Waals surface area contributed by atoms with Gasteiger partial charge in [-0.2, -0.15) is 0 Å². The van der Waals surface area contributed by atoms with E-state index in [1.807, 2.05) is 56.3 Å². The van der Waals surface area contributed by atoms with Gasteiger partial charge in [-0.1, -0.05) is 120 Å². The highest BCUT2D eigenvalue weighted by molar-refractivity contribution is 5.94. The van der Waals surface area contributed by atoms with Crippen LogP contribution >= 0.6 is 0 Å². The van der Waals surface area contributed by atoms with E-state index in [1.165, 1.54) is 31.8 Å². The maximum Gasteiger partial charge on any atom is 0.247 e. The predicted octanol–water partition coefficient (Wildman–Crippen LogP) is 5.27. The molecule has 1 aliphatic heterocycles. The first-order valence-electron chi connectivity index (χ1n) is 16.3. The molecule has 3 rings (SSSR count). The van der Waals surface area contributed by atoms with E-state index in [0.717, 1.165) is 35.6 Å². The first-order valence-corrected chi connectivity index (χ1v) is 16.3. The highest BCUT2D eigenvalue weighted by Gasteiger charge is 2.27. The zero-order chi connectivity index (χ0) is 31.7. The van der Waals surface area contributed by atoms with Crippen molar-refractivity contribution in [3.63, 3.8) is 0 Å². The highest BCUT2D eigenvalue weighted by atomic mass is 16.2. The van der Waals surface area contributed by atoms with Gasteiger partial charge < -0.3 is 21.3 Å². The number of amides is 4. The van der Waals surface area contributed by atoms with E-state index in [4.69, 9.17) is 0 Å².